The van der Waals surface area contributed by atoms with Crippen LogP contribution in [0.15, 0.2) is 52.1 Å². The molecular formula is C24H37IN4O4. The number of hydrogen-bond donors (Lipinski definition) is 1. The van der Waals surface area contributed by atoms with E-state index in [0.29, 0.717) is 6.61 Å². The van der Waals surface area contributed by atoms with Gasteiger partial charge in [0.05, 0.1) is 33.1 Å². The van der Waals surface area contributed by atoms with E-state index in [1.54, 1.807) is 13.4 Å². The quantitative estimate of drug-likeness (QED) is 0.182. The summed E-state index contributed by atoms with van der Waals surface area (Å²) in [6, 6.07) is 11.5. The number of halogens is 1. The first-order valence-corrected chi connectivity index (χ1v) is 11.3. The zero-order chi connectivity index (χ0) is 22.4. The van der Waals surface area contributed by atoms with Gasteiger partial charge in [-0.3, -0.25) is 9.89 Å². The van der Waals surface area contributed by atoms with Gasteiger partial charge < -0.3 is 28.8 Å². The van der Waals surface area contributed by atoms with E-state index in [2.05, 4.69) is 15.1 Å². The molecule has 1 fully saturated rings. The van der Waals surface area contributed by atoms with Crippen molar-refractivity contribution in [1.29, 1.82) is 0 Å². The molecule has 0 atom stereocenters. The van der Waals surface area contributed by atoms with Crippen LogP contribution >= 0.6 is 24.0 Å². The van der Waals surface area contributed by atoms with Crippen LogP contribution in [0.1, 0.15) is 12.2 Å². The third-order valence-corrected chi connectivity index (χ3v) is 5.35. The van der Waals surface area contributed by atoms with Crippen LogP contribution in [0.3, 0.4) is 0 Å². The second-order valence-corrected chi connectivity index (χ2v) is 7.71. The van der Waals surface area contributed by atoms with Crippen LogP contribution in [-0.4, -0.2) is 89.0 Å². The Kier molecular flexibility index (Phi) is 13.0. The van der Waals surface area contributed by atoms with Gasteiger partial charge in [-0.05, 0) is 42.8 Å². The fourth-order valence-corrected chi connectivity index (χ4v) is 3.45. The van der Waals surface area contributed by atoms with E-state index in [4.69, 9.17) is 23.6 Å². The minimum absolute atomic E-state index is 0. The molecule has 0 spiro atoms. The van der Waals surface area contributed by atoms with Crippen molar-refractivity contribution in [2.24, 2.45) is 4.99 Å². The number of aliphatic imine (C=N–C) groups is 1. The van der Waals surface area contributed by atoms with Gasteiger partial charge in [0.2, 0.25) is 0 Å². The fourth-order valence-electron chi connectivity index (χ4n) is 3.45. The van der Waals surface area contributed by atoms with E-state index in [1.807, 2.05) is 43.4 Å². The smallest absolute Gasteiger partial charge is 0.193 e. The summed E-state index contributed by atoms with van der Waals surface area (Å²) >= 11 is 0. The van der Waals surface area contributed by atoms with Gasteiger partial charge in [0.25, 0.3) is 0 Å². The molecule has 1 aromatic carbocycles. The Labute approximate surface area is 214 Å². The Morgan fingerprint density at radius 2 is 1.91 bits per heavy atom. The highest BCUT2D eigenvalue weighted by Gasteiger charge is 2.10. The van der Waals surface area contributed by atoms with Gasteiger partial charge in [-0.25, -0.2) is 0 Å². The maximum absolute atomic E-state index is 5.88. The molecule has 0 unspecified atom stereocenters. The molecule has 0 aliphatic carbocycles. The van der Waals surface area contributed by atoms with Gasteiger partial charge >= 0.3 is 0 Å². The van der Waals surface area contributed by atoms with Gasteiger partial charge in [0.15, 0.2) is 5.96 Å². The van der Waals surface area contributed by atoms with Crippen LogP contribution in [0.4, 0.5) is 0 Å². The van der Waals surface area contributed by atoms with Crippen molar-refractivity contribution in [2.45, 2.75) is 12.8 Å². The molecule has 1 aromatic heterocycles. The van der Waals surface area contributed by atoms with Crippen LogP contribution in [0.5, 0.6) is 11.5 Å². The predicted molar refractivity (Wildman–Crippen MR) is 141 cm³/mol. The number of rotatable bonds is 12. The highest BCUT2D eigenvalue weighted by Crippen LogP contribution is 2.16. The number of morpholine rings is 1. The number of nitrogens with one attached hydrogen (secondary N) is 1. The van der Waals surface area contributed by atoms with Crippen molar-refractivity contribution in [1.82, 2.24) is 15.1 Å². The Morgan fingerprint density at radius 3 is 2.61 bits per heavy atom. The Hall–Kier alpha value is -1.98. The first-order chi connectivity index (χ1) is 15.7. The zero-order valence-corrected chi connectivity index (χ0v) is 22.0. The molecule has 9 heteroatoms. The van der Waals surface area contributed by atoms with Gasteiger partial charge in [-0.15, -0.1) is 24.0 Å². The van der Waals surface area contributed by atoms with Crippen molar-refractivity contribution in [3.63, 3.8) is 0 Å². The lowest BCUT2D eigenvalue weighted by Gasteiger charge is -2.26. The second-order valence-electron chi connectivity index (χ2n) is 7.71. The van der Waals surface area contributed by atoms with Crippen LogP contribution in [0.2, 0.25) is 0 Å². The molecule has 0 radical (unpaired) electrons. The molecule has 0 saturated carbocycles. The lowest BCUT2D eigenvalue weighted by atomic mass is 10.3. The maximum atomic E-state index is 5.88. The highest BCUT2D eigenvalue weighted by molar-refractivity contribution is 14.0. The van der Waals surface area contributed by atoms with Crippen LogP contribution in [-0.2, 0) is 11.2 Å². The van der Waals surface area contributed by atoms with Crippen molar-refractivity contribution in [3.05, 3.63) is 48.4 Å². The molecule has 1 N–H and O–H groups in total. The molecule has 2 aromatic rings. The standard InChI is InChI=1S/C24H36N4O4.HI/c1-27(14-20-32-23-8-6-21(29-2)7-9-23)24(26-12-10-22-5-3-17-31-22)25-11-4-13-28-15-18-30-19-16-28;/h3,5-9,17H,4,10-16,18-20H2,1-2H3,(H,25,26);1H. The third-order valence-electron chi connectivity index (χ3n) is 5.35. The van der Waals surface area contributed by atoms with E-state index in [1.165, 1.54) is 0 Å². The summed E-state index contributed by atoms with van der Waals surface area (Å²) in [5.41, 5.74) is 0. The zero-order valence-electron chi connectivity index (χ0n) is 19.7. The number of furan rings is 1. The number of nitrogens with zero attached hydrogens (tertiary/aromatic N) is 3. The van der Waals surface area contributed by atoms with Gasteiger partial charge in [0, 0.05) is 46.2 Å². The van der Waals surface area contributed by atoms with E-state index < -0.39 is 0 Å². The minimum atomic E-state index is 0. The molecule has 1 saturated heterocycles. The number of benzene rings is 1. The van der Waals surface area contributed by atoms with E-state index in [0.717, 1.165) is 88.5 Å². The normalized spacial score (nSPS) is 14.4. The highest BCUT2D eigenvalue weighted by atomic mass is 127. The molecule has 1 aliphatic heterocycles. The van der Waals surface area contributed by atoms with Gasteiger partial charge in [-0.2, -0.15) is 0 Å². The van der Waals surface area contributed by atoms with Gasteiger partial charge in [0.1, 0.15) is 23.9 Å². The molecule has 0 bridgehead atoms. The number of methoxy groups -OCH3 is 1. The van der Waals surface area contributed by atoms with E-state index in [9.17, 15) is 0 Å². The molecular weight excluding hydrogens is 535 g/mol. The first-order valence-electron chi connectivity index (χ1n) is 11.3. The molecule has 3 rings (SSSR count). The molecule has 33 heavy (non-hydrogen) atoms. The van der Waals surface area contributed by atoms with Crippen molar-refractivity contribution in [3.8, 4) is 11.5 Å². The summed E-state index contributed by atoms with van der Waals surface area (Å²) < 4.78 is 21.9. The Bertz CT molecular complexity index is 780. The summed E-state index contributed by atoms with van der Waals surface area (Å²) in [4.78, 5) is 9.40. The predicted octanol–water partition coefficient (Wildman–Crippen LogP) is 3.13. The molecule has 1 aliphatic rings. The van der Waals surface area contributed by atoms with E-state index in [-0.39, 0.29) is 24.0 Å². The van der Waals surface area contributed by atoms with Crippen LogP contribution in [0, 0.1) is 0 Å². The fraction of sp³-hybridized carbons (Fsp3) is 0.542. The first kappa shape index (κ1) is 27.3. The average molecular weight is 572 g/mol. The largest absolute Gasteiger partial charge is 0.497 e. The molecule has 0 amide bonds. The summed E-state index contributed by atoms with van der Waals surface area (Å²) in [5, 5.41) is 3.47. The Morgan fingerprint density at radius 1 is 1.15 bits per heavy atom. The van der Waals surface area contributed by atoms with Crippen LogP contribution in [0.25, 0.3) is 0 Å². The lowest BCUT2D eigenvalue weighted by Crippen LogP contribution is -2.42. The lowest BCUT2D eigenvalue weighted by molar-refractivity contribution is 0.0377. The van der Waals surface area contributed by atoms with Gasteiger partial charge in [-0.1, -0.05) is 0 Å². The summed E-state index contributed by atoms with van der Waals surface area (Å²) in [6.07, 6.45) is 3.55. The number of hydrogen-bond acceptors (Lipinski definition) is 6. The molecule has 2 heterocycles. The van der Waals surface area contributed by atoms with Crippen molar-refractivity contribution < 1.29 is 18.6 Å². The average Bonchev–Trinajstić information content (AvgIpc) is 3.35. The summed E-state index contributed by atoms with van der Waals surface area (Å²) in [7, 11) is 3.70. The summed E-state index contributed by atoms with van der Waals surface area (Å²) in [5.74, 6) is 3.50. The van der Waals surface area contributed by atoms with Crippen LogP contribution < -0.4 is 14.8 Å². The monoisotopic (exact) mass is 572 g/mol. The SMILES string of the molecule is COc1ccc(OCCN(C)C(=NCCCN2CCOCC2)NCCc2ccco2)cc1.I. The molecule has 184 valence electrons. The summed E-state index contributed by atoms with van der Waals surface area (Å²) in [6.45, 7) is 7.58. The third kappa shape index (κ3) is 10.2. The Balaban J connectivity index is 0.00000385. The maximum Gasteiger partial charge on any atom is 0.193 e. The number of likely N-dealkylation sites (N-methyl/N-ethyl adjacent to an activating group) is 1. The minimum Gasteiger partial charge on any atom is -0.497 e. The van der Waals surface area contributed by atoms with Crippen molar-refractivity contribution >= 4 is 29.9 Å². The van der Waals surface area contributed by atoms with E-state index >= 15 is 0 Å². The number of ether oxygens (including phenoxy) is 3. The molecule has 8 nitrogen and oxygen atoms in total. The topological polar surface area (TPSA) is 71.7 Å². The number of guanidine groups is 1. The van der Waals surface area contributed by atoms with Crippen molar-refractivity contribution in [2.75, 3.05) is 73.2 Å². The second kappa shape index (κ2) is 15.8.